The van der Waals surface area contributed by atoms with Gasteiger partial charge in [-0.2, -0.15) is 0 Å². The van der Waals surface area contributed by atoms with Crippen LogP contribution in [0.5, 0.6) is 0 Å². The van der Waals surface area contributed by atoms with E-state index in [1.807, 2.05) is 0 Å². The van der Waals surface area contributed by atoms with Crippen molar-refractivity contribution in [3.8, 4) is 0 Å². The van der Waals surface area contributed by atoms with Crippen LogP contribution in [0.4, 0.5) is 8.78 Å². The molecule has 1 aromatic carbocycles. The Morgan fingerprint density at radius 1 is 1.20 bits per heavy atom. The summed E-state index contributed by atoms with van der Waals surface area (Å²) in [5, 5.41) is -0.737. The first kappa shape index (κ1) is 10.2. The van der Waals surface area contributed by atoms with E-state index < -0.39 is 17.0 Å². The molecule has 1 heterocycles. The van der Waals surface area contributed by atoms with E-state index in [0.29, 0.717) is 5.56 Å². The van der Waals surface area contributed by atoms with Crippen LogP contribution < -0.4 is 0 Å². The largest absolute Gasteiger partial charge is 0.472 e. The summed E-state index contributed by atoms with van der Waals surface area (Å²) in [7, 11) is 0. The second kappa shape index (κ2) is 4.03. The lowest BCUT2D eigenvalue weighted by molar-refractivity contribution is 0.562. The van der Waals surface area contributed by atoms with E-state index in [-0.39, 0.29) is 5.56 Å². The minimum atomic E-state index is -0.737. The summed E-state index contributed by atoms with van der Waals surface area (Å²) in [6, 6.07) is 4.81. The Hall–Kier alpha value is -1.35. The van der Waals surface area contributed by atoms with Crippen LogP contribution in [0.1, 0.15) is 16.5 Å². The van der Waals surface area contributed by atoms with Crippen molar-refractivity contribution in [2.24, 2.45) is 0 Å². The molecule has 0 spiro atoms. The summed E-state index contributed by atoms with van der Waals surface area (Å²) in [6.45, 7) is 0. The Morgan fingerprint density at radius 2 is 2.00 bits per heavy atom. The molecule has 1 aromatic heterocycles. The third-order valence-electron chi connectivity index (χ3n) is 2.07. The summed E-state index contributed by atoms with van der Waals surface area (Å²) in [4.78, 5) is 0. The van der Waals surface area contributed by atoms with Gasteiger partial charge >= 0.3 is 0 Å². The Balaban J connectivity index is 2.41. The number of alkyl halides is 1. The Labute approximate surface area is 90.3 Å². The predicted octanol–water partition coefficient (Wildman–Crippen LogP) is 3.89. The highest BCUT2D eigenvalue weighted by Crippen LogP contribution is 2.31. The summed E-state index contributed by atoms with van der Waals surface area (Å²) in [6.07, 6.45) is 2.84. The van der Waals surface area contributed by atoms with Crippen LogP contribution in [0.15, 0.2) is 41.2 Å². The Kier molecular flexibility index (Phi) is 2.73. The number of furan rings is 1. The summed E-state index contributed by atoms with van der Waals surface area (Å²) in [5.41, 5.74) is 0.708. The second-order valence-electron chi connectivity index (χ2n) is 3.09. The highest BCUT2D eigenvalue weighted by Gasteiger charge is 2.16. The molecule has 0 bridgehead atoms. The lowest BCUT2D eigenvalue weighted by Crippen LogP contribution is -1.96. The van der Waals surface area contributed by atoms with E-state index in [2.05, 4.69) is 0 Å². The molecule has 0 amide bonds. The van der Waals surface area contributed by atoms with Crippen molar-refractivity contribution in [2.75, 3.05) is 0 Å². The van der Waals surface area contributed by atoms with Gasteiger partial charge in [-0.05, 0) is 24.3 Å². The maximum atomic E-state index is 13.3. The molecule has 0 aliphatic rings. The zero-order valence-electron chi connectivity index (χ0n) is 7.58. The number of halogens is 3. The molecule has 2 rings (SSSR count). The molecule has 0 saturated carbocycles. The third-order valence-corrected chi connectivity index (χ3v) is 2.55. The second-order valence-corrected chi connectivity index (χ2v) is 3.52. The predicted molar refractivity (Wildman–Crippen MR) is 52.8 cm³/mol. The van der Waals surface area contributed by atoms with E-state index in [9.17, 15) is 8.78 Å². The van der Waals surface area contributed by atoms with Crippen molar-refractivity contribution in [3.05, 3.63) is 59.6 Å². The normalized spacial score (nSPS) is 12.7. The van der Waals surface area contributed by atoms with Gasteiger partial charge < -0.3 is 4.42 Å². The molecule has 0 aliphatic carbocycles. The first-order valence-electron chi connectivity index (χ1n) is 4.29. The summed E-state index contributed by atoms with van der Waals surface area (Å²) < 4.78 is 31.1. The minimum absolute atomic E-state index is 0.109. The van der Waals surface area contributed by atoms with Crippen molar-refractivity contribution in [3.63, 3.8) is 0 Å². The molecule has 0 saturated heterocycles. The fourth-order valence-corrected chi connectivity index (χ4v) is 1.60. The van der Waals surface area contributed by atoms with E-state index in [4.69, 9.17) is 16.0 Å². The smallest absolute Gasteiger partial charge is 0.128 e. The lowest BCUT2D eigenvalue weighted by Gasteiger charge is -2.08. The average molecular weight is 229 g/mol. The SMILES string of the molecule is Fc1ccc(F)c(C(Cl)c2ccoc2)c1. The van der Waals surface area contributed by atoms with Crippen LogP contribution in [0, 0.1) is 11.6 Å². The molecule has 1 unspecified atom stereocenters. The monoisotopic (exact) mass is 228 g/mol. The van der Waals surface area contributed by atoms with E-state index in [1.165, 1.54) is 12.5 Å². The van der Waals surface area contributed by atoms with Gasteiger partial charge in [-0.15, -0.1) is 11.6 Å². The number of hydrogen-bond acceptors (Lipinski definition) is 1. The first-order chi connectivity index (χ1) is 7.18. The molecule has 0 N–H and O–H groups in total. The van der Waals surface area contributed by atoms with Gasteiger partial charge in [0.15, 0.2) is 0 Å². The molecule has 15 heavy (non-hydrogen) atoms. The van der Waals surface area contributed by atoms with Gasteiger partial charge in [0.2, 0.25) is 0 Å². The van der Waals surface area contributed by atoms with Crippen molar-refractivity contribution in [1.29, 1.82) is 0 Å². The van der Waals surface area contributed by atoms with Gasteiger partial charge in [-0.25, -0.2) is 8.78 Å². The average Bonchev–Trinajstić information content (AvgIpc) is 2.74. The quantitative estimate of drug-likeness (QED) is 0.711. The van der Waals surface area contributed by atoms with E-state index in [0.717, 1.165) is 18.2 Å². The molecule has 4 heteroatoms. The maximum Gasteiger partial charge on any atom is 0.128 e. The summed E-state index contributed by atoms with van der Waals surface area (Å²) >= 11 is 5.98. The van der Waals surface area contributed by atoms with Crippen molar-refractivity contribution in [2.45, 2.75) is 5.38 Å². The summed E-state index contributed by atoms with van der Waals surface area (Å²) in [5.74, 6) is -1.04. The minimum Gasteiger partial charge on any atom is -0.472 e. The zero-order chi connectivity index (χ0) is 10.8. The fourth-order valence-electron chi connectivity index (χ4n) is 1.31. The van der Waals surface area contributed by atoms with Crippen LogP contribution in [0.25, 0.3) is 0 Å². The fraction of sp³-hybridized carbons (Fsp3) is 0.0909. The Bertz CT molecular complexity index is 454. The van der Waals surface area contributed by atoms with Crippen LogP contribution in [0.3, 0.4) is 0 Å². The van der Waals surface area contributed by atoms with Gasteiger partial charge in [-0.1, -0.05) is 0 Å². The van der Waals surface area contributed by atoms with Gasteiger partial charge in [0.05, 0.1) is 17.9 Å². The highest BCUT2D eigenvalue weighted by molar-refractivity contribution is 6.22. The number of hydrogen-bond donors (Lipinski definition) is 0. The third kappa shape index (κ3) is 2.02. The zero-order valence-corrected chi connectivity index (χ0v) is 8.34. The molecule has 2 aromatic rings. The molecular weight excluding hydrogens is 222 g/mol. The molecule has 0 fully saturated rings. The first-order valence-corrected chi connectivity index (χ1v) is 4.73. The van der Waals surface area contributed by atoms with Gasteiger partial charge in [-0.3, -0.25) is 0 Å². The number of rotatable bonds is 2. The van der Waals surface area contributed by atoms with Crippen molar-refractivity contribution < 1.29 is 13.2 Å². The van der Waals surface area contributed by atoms with E-state index >= 15 is 0 Å². The Morgan fingerprint density at radius 3 is 2.67 bits per heavy atom. The molecule has 0 aliphatic heterocycles. The topological polar surface area (TPSA) is 13.1 Å². The highest BCUT2D eigenvalue weighted by atomic mass is 35.5. The molecule has 0 radical (unpaired) electrons. The van der Waals surface area contributed by atoms with Gasteiger partial charge in [0, 0.05) is 11.1 Å². The van der Waals surface area contributed by atoms with Crippen LogP contribution in [-0.2, 0) is 0 Å². The van der Waals surface area contributed by atoms with Gasteiger partial charge in [0.1, 0.15) is 11.6 Å². The molecule has 78 valence electrons. The lowest BCUT2D eigenvalue weighted by atomic mass is 10.1. The molecule has 1 atom stereocenters. The van der Waals surface area contributed by atoms with Crippen LogP contribution in [0.2, 0.25) is 0 Å². The van der Waals surface area contributed by atoms with Crippen LogP contribution in [-0.4, -0.2) is 0 Å². The van der Waals surface area contributed by atoms with Gasteiger partial charge in [0.25, 0.3) is 0 Å². The van der Waals surface area contributed by atoms with Crippen LogP contribution >= 0.6 is 11.6 Å². The standard InChI is InChI=1S/C11H7ClF2O/c12-11(7-3-4-15-6-7)9-5-8(13)1-2-10(9)14/h1-6,11H. The van der Waals surface area contributed by atoms with E-state index in [1.54, 1.807) is 6.07 Å². The number of benzene rings is 1. The molecule has 1 nitrogen and oxygen atoms in total. The maximum absolute atomic E-state index is 13.3. The van der Waals surface area contributed by atoms with Crippen molar-refractivity contribution >= 4 is 11.6 Å². The van der Waals surface area contributed by atoms with Crippen molar-refractivity contribution in [1.82, 2.24) is 0 Å². The molecular formula is C11H7ClF2O.